The van der Waals surface area contributed by atoms with Gasteiger partial charge in [0.25, 0.3) is 5.69 Å². The maximum Gasteiger partial charge on any atom is 0.269 e. The van der Waals surface area contributed by atoms with Crippen LogP contribution in [-0.4, -0.2) is 11.5 Å². The van der Waals surface area contributed by atoms with Crippen molar-refractivity contribution >= 4 is 17.1 Å². The van der Waals surface area contributed by atoms with Crippen LogP contribution < -0.4 is 4.90 Å². The number of para-hydroxylation sites is 1. The Bertz CT molecular complexity index is 635. The van der Waals surface area contributed by atoms with Gasteiger partial charge in [-0.1, -0.05) is 18.2 Å². The summed E-state index contributed by atoms with van der Waals surface area (Å²) in [7, 11) is 0. The highest BCUT2D eigenvalue weighted by atomic mass is 16.6. The van der Waals surface area contributed by atoms with Crippen LogP contribution in [0.3, 0.4) is 0 Å². The molecule has 0 saturated heterocycles. The lowest BCUT2D eigenvalue weighted by molar-refractivity contribution is -0.384. The van der Waals surface area contributed by atoms with Gasteiger partial charge in [-0.25, -0.2) is 0 Å². The zero-order chi connectivity index (χ0) is 13.4. The minimum absolute atomic E-state index is 0.132. The quantitative estimate of drug-likeness (QED) is 0.607. The van der Waals surface area contributed by atoms with Crippen molar-refractivity contribution in [2.75, 3.05) is 11.4 Å². The van der Waals surface area contributed by atoms with Crippen LogP contribution in [0.5, 0.6) is 0 Å². The SMILES string of the molecule is Cc1cccc2c1N(c1ccc([N+](=O)[O-])cc1)CC2. The molecule has 0 atom stereocenters. The molecule has 0 unspecified atom stereocenters. The topological polar surface area (TPSA) is 46.4 Å². The van der Waals surface area contributed by atoms with E-state index in [1.165, 1.54) is 16.8 Å². The molecule has 19 heavy (non-hydrogen) atoms. The predicted octanol–water partition coefficient (Wildman–Crippen LogP) is 3.60. The molecule has 0 saturated carbocycles. The summed E-state index contributed by atoms with van der Waals surface area (Å²) >= 11 is 0. The first-order chi connectivity index (χ1) is 9.16. The van der Waals surface area contributed by atoms with E-state index >= 15 is 0 Å². The molecule has 0 fully saturated rings. The van der Waals surface area contributed by atoms with Crippen molar-refractivity contribution in [3.8, 4) is 0 Å². The summed E-state index contributed by atoms with van der Waals surface area (Å²) in [5.74, 6) is 0. The summed E-state index contributed by atoms with van der Waals surface area (Å²) in [5.41, 5.74) is 4.98. The maximum atomic E-state index is 10.7. The molecule has 0 aromatic heterocycles. The summed E-state index contributed by atoms with van der Waals surface area (Å²) < 4.78 is 0. The van der Waals surface area contributed by atoms with E-state index in [0.717, 1.165) is 18.7 Å². The van der Waals surface area contributed by atoms with Crippen LogP contribution in [0.4, 0.5) is 17.1 Å². The lowest BCUT2D eigenvalue weighted by Crippen LogP contribution is -2.14. The number of nitro groups is 1. The Morgan fingerprint density at radius 3 is 2.58 bits per heavy atom. The lowest BCUT2D eigenvalue weighted by Gasteiger charge is -2.21. The van der Waals surface area contributed by atoms with Crippen LogP contribution in [0.15, 0.2) is 42.5 Å². The lowest BCUT2D eigenvalue weighted by atomic mass is 10.1. The third kappa shape index (κ3) is 1.95. The van der Waals surface area contributed by atoms with Gasteiger partial charge in [-0.05, 0) is 36.6 Å². The minimum atomic E-state index is -0.368. The Kier molecular flexibility index (Phi) is 2.71. The molecule has 3 rings (SSSR count). The number of hydrogen-bond acceptors (Lipinski definition) is 3. The van der Waals surface area contributed by atoms with Gasteiger partial charge in [0.1, 0.15) is 0 Å². The van der Waals surface area contributed by atoms with Gasteiger partial charge in [0, 0.05) is 30.1 Å². The normalized spacial score (nSPS) is 13.4. The first-order valence-corrected chi connectivity index (χ1v) is 6.27. The van der Waals surface area contributed by atoms with Crippen molar-refractivity contribution in [1.29, 1.82) is 0 Å². The molecule has 0 bridgehead atoms. The number of nitro benzene ring substituents is 1. The van der Waals surface area contributed by atoms with Crippen molar-refractivity contribution < 1.29 is 4.92 Å². The molecule has 0 amide bonds. The molecule has 0 spiro atoms. The molecule has 2 aromatic rings. The van der Waals surface area contributed by atoms with Crippen molar-refractivity contribution in [2.45, 2.75) is 13.3 Å². The number of rotatable bonds is 2. The van der Waals surface area contributed by atoms with Crippen LogP contribution >= 0.6 is 0 Å². The number of aryl methyl sites for hydroxylation is 1. The van der Waals surface area contributed by atoms with Gasteiger partial charge in [-0.15, -0.1) is 0 Å². The van der Waals surface area contributed by atoms with E-state index in [9.17, 15) is 10.1 Å². The summed E-state index contributed by atoms with van der Waals surface area (Å²) in [6.45, 7) is 3.03. The van der Waals surface area contributed by atoms with Gasteiger partial charge in [0.05, 0.1) is 4.92 Å². The number of benzene rings is 2. The van der Waals surface area contributed by atoms with E-state index in [1.807, 2.05) is 12.1 Å². The van der Waals surface area contributed by atoms with E-state index in [-0.39, 0.29) is 10.6 Å². The van der Waals surface area contributed by atoms with Crippen molar-refractivity contribution in [1.82, 2.24) is 0 Å². The predicted molar refractivity (Wildman–Crippen MR) is 75.0 cm³/mol. The second kappa shape index (κ2) is 4.39. The molecule has 1 aliphatic rings. The van der Waals surface area contributed by atoms with Gasteiger partial charge in [0.2, 0.25) is 0 Å². The zero-order valence-electron chi connectivity index (χ0n) is 10.7. The molecule has 96 valence electrons. The molecular weight excluding hydrogens is 240 g/mol. The van der Waals surface area contributed by atoms with Crippen LogP contribution in [0.25, 0.3) is 0 Å². The fourth-order valence-electron chi connectivity index (χ4n) is 2.66. The van der Waals surface area contributed by atoms with Crippen molar-refractivity contribution in [3.05, 3.63) is 63.7 Å². The smallest absolute Gasteiger partial charge is 0.269 e. The third-order valence-electron chi connectivity index (χ3n) is 3.57. The first kappa shape index (κ1) is 11.7. The molecule has 2 aromatic carbocycles. The van der Waals surface area contributed by atoms with Crippen LogP contribution in [0, 0.1) is 17.0 Å². The minimum Gasteiger partial charge on any atom is -0.341 e. The van der Waals surface area contributed by atoms with Gasteiger partial charge in [-0.3, -0.25) is 10.1 Å². The van der Waals surface area contributed by atoms with E-state index in [1.54, 1.807) is 12.1 Å². The number of hydrogen-bond donors (Lipinski definition) is 0. The van der Waals surface area contributed by atoms with E-state index in [2.05, 4.69) is 30.0 Å². The van der Waals surface area contributed by atoms with E-state index in [4.69, 9.17) is 0 Å². The van der Waals surface area contributed by atoms with Gasteiger partial charge >= 0.3 is 0 Å². The molecule has 0 radical (unpaired) electrons. The van der Waals surface area contributed by atoms with Gasteiger partial charge < -0.3 is 4.90 Å². The first-order valence-electron chi connectivity index (χ1n) is 6.27. The van der Waals surface area contributed by atoms with Crippen molar-refractivity contribution in [2.24, 2.45) is 0 Å². The highest BCUT2D eigenvalue weighted by Gasteiger charge is 2.22. The Morgan fingerprint density at radius 2 is 1.89 bits per heavy atom. The molecule has 4 heteroatoms. The summed E-state index contributed by atoms with van der Waals surface area (Å²) in [6, 6.07) is 13.1. The van der Waals surface area contributed by atoms with Gasteiger partial charge in [-0.2, -0.15) is 0 Å². The van der Waals surface area contributed by atoms with Crippen LogP contribution in [0.1, 0.15) is 11.1 Å². The molecule has 0 N–H and O–H groups in total. The average Bonchev–Trinajstić information content (AvgIpc) is 2.84. The second-order valence-corrected chi connectivity index (χ2v) is 4.76. The van der Waals surface area contributed by atoms with Gasteiger partial charge in [0.15, 0.2) is 0 Å². The van der Waals surface area contributed by atoms with Crippen LogP contribution in [0.2, 0.25) is 0 Å². The molecule has 1 heterocycles. The summed E-state index contributed by atoms with van der Waals surface area (Å²) in [6.07, 6.45) is 1.02. The average molecular weight is 254 g/mol. The Morgan fingerprint density at radius 1 is 1.16 bits per heavy atom. The Hall–Kier alpha value is -2.36. The fourth-order valence-corrected chi connectivity index (χ4v) is 2.66. The molecular formula is C15H14N2O2. The van der Waals surface area contributed by atoms with Crippen molar-refractivity contribution in [3.63, 3.8) is 0 Å². The zero-order valence-corrected chi connectivity index (χ0v) is 10.7. The Balaban J connectivity index is 2.00. The highest BCUT2D eigenvalue weighted by molar-refractivity contribution is 5.73. The maximum absolute atomic E-state index is 10.7. The fraction of sp³-hybridized carbons (Fsp3) is 0.200. The molecule has 0 aliphatic carbocycles. The number of nitrogens with zero attached hydrogens (tertiary/aromatic N) is 2. The number of non-ortho nitro benzene ring substituents is 1. The number of anilines is 2. The monoisotopic (exact) mass is 254 g/mol. The molecule has 4 nitrogen and oxygen atoms in total. The standard InChI is InChI=1S/C15H14N2O2/c1-11-3-2-4-12-9-10-16(15(11)12)13-5-7-14(8-6-13)17(18)19/h2-8H,9-10H2,1H3. The van der Waals surface area contributed by atoms with E-state index < -0.39 is 0 Å². The van der Waals surface area contributed by atoms with Crippen LogP contribution in [-0.2, 0) is 6.42 Å². The van der Waals surface area contributed by atoms with E-state index in [0.29, 0.717) is 0 Å². The second-order valence-electron chi connectivity index (χ2n) is 4.76. The summed E-state index contributed by atoms with van der Waals surface area (Å²) in [4.78, 5) is 12.5. The molecule has 1 aliphatic heterocycles. The number of fused-ring (bicyclic) bond motifs is 1. The largest absolute Gasteiger partial charge is 0.341 e. The summed E-state index contributed by atoms with van der Waals surface area (Å²) in [5, 5.41) is 10.7. The third-order valence-corrected chi connectivity index (χ3v) is 3.57. The Labute approximate surface area is 111 Å². The highest BCUT2D eigenvalue weighted by Crippen LogP contribution is 2.37.